The standard InChI is InChI=1S/C18H12O7/c19-12-7-5-10(9-13(12)20)6-8-15(21)25-17-16(22)11-3-1-2-4-14(11)24-18(17)23/h1-9,19-20,22H/b8-6+. The van der Waals surface area contributed by atoms with E-state index in [0.717, 1.165) is 6.08 Å². The maximum absolute atomic E-state index is 11.9. The lowest BCUT2D eigenvalue weighted by Crippen LogP contribution is -2.12. The SMILES string of the molecule is O=C(/C=C/c1ccc(O)c(O)c1)Oc1c(O)c2ccccc2oc1=O. The normalized spacial score (nSPS) is 11.0. The summed E-state index contributed by atoms with van der Waals surface area (Å²) in [6, 6.07) is 10.2. The summed E-state index contributed by atoms with van der Waals surface area (Å²) < 4.78 is 9.85. The lowest BCUT2D eigenvalue weighted by molar-refractivity contribution is -0.129. The highest BCUT2D eigenvalue weighted by atomic mass is 16.6. The molecule has 1 heterocycles. The molecule has 7 heteroatoms. The zero-order chi connectivity index (χ0) is 18.0. The van der Waals surface area contributed by atoms with Gasteiger partial charge in [0.1, 0.15) is 5.58 Å². The van der Waals surface area contributed by atoms with Crippen LogP contribution in [0.2, 0.25) is 0 Å². The summed E-state index contributed by atoms with van der Waals surface area (Å²) in [5.74, 6) is -2.66. The Morgan fingerprint density at radius 3 is 2.56 bits per heavy atom. The molecule has 0 aliphatic rings. The molecule has 0 amide bonds. The monoisotopic (exact) mass is 340 g/mol. The van der Waals surface area contributed by atoms with E-state index in [4.69, 9.17) is 9.15 Å². The van der Waals surface area contributed by atoms with Gasteiger partial charge in [0.25, 0.3) is 5.75 Å². The van der Waals surface area contributed by atoms with Crippen LogP contribution in [0.25, 0.3) is 17.0 Å². The molecular formula is C18H12O7. The molecule has 0 fully saturated rings. The molecule has 2 aromatic carbocycles. The second-order valence-electron chi connectivity index (χ2n) is 5.07. The van der Waals surface area contributed by atoms with Crippen LogP contribution in [0.3, 0.4) is 0 Å². The molecule has 0 bridgehead atoms. The third-order valence-corrected chi connectivity index (χ3v) is 3.36. The van der Waals surface area contributed by atoms with E-state index < -0.39 is 23.1 Å². The second-order valence-corrected chi connectivity index (χ2v) is 5.07. The first kappa shape index (κ1) is 16.1. The molecule has 0 saturated carbocycles. The predicted molar refractivity (Wildman–Crippen MR) is 88.6 cm³/mol. The van der Waals surface area contributed by atoms with Crippen molar-refractivity contribution in [2.75, 3.05) is 0 Å². The van der Waals surface area contributed by atoms with E-state index in [2.05, 4.69) is 0 Å². The van der Waals surface area contributed by atoms with E-state index in [1.807, 2.05) is 0 Å². The number of phenolic OH excluding ortho intramolecular Hbond substituents is 2. The molecule has 3 aromatic rings. The highest BCUT2D eigenvalue weighted by molar-refractivity contribution is 5.91. The minimum absolute atomic E-state index is 0.167. The number of hydrogen-bond donors (Lipinski definition) is 3. The van der Waals surface area contributed by atoms with Crippen LogP contribution < -0.4 is 10.4 Å². The summed E-state index contributed by atoms with van der Waals surface area (Å²) in [6.07, 6.45) is 2.31. The summed E-state index contributed by atoms with van der Waals surface area (Å²) in [4.78, 5) is 23.7. The molecular weight excluding hydrogens is 328 g/mol. The number of ether oxygens (including phenoxy) is 1. The van der Waals surface area contributed by atoms with Gasteiger partial charge in [-0.25, -0.2) is 9.59 Å². The first-order valence-corrected chi connectivity index (χ1v) is 7.12. The van der Waals surface area contributed by atoms with Gasteiger partial charge >= 0.3 is 11.6 Å². The van der Waals surface area contributed by atoms with Gasteiger partial charge in [0.2, 0.25) is 0 Å². The smallest absolute Gasteiger partial charge is 0.383 e. The molecule has 0 aliphatic heterocycles. The fraction of sp³-hybridized carbons (Fsp3) is 0. The van der Waals surface area contributed by atoms with E-state index in [0.29, 0.717) is 5.56 Å². The first-order valence-electron chi connectivity index (χ1n) is 7.12. The second kappa shape index (κ2) is 6.40. The van der Waals surface area contributed by atoms with Gasteiger partial charge in [-0.1, -0.05) is 18.2 Å². The van der Waals surface area contributed by atoms with Crippen molar-refractivity contribution in [2.45, 2.75) is 0 Å². The number of para-hydroxylation sites is 1. The minimum Gasteiger partial charge on any atom is -0.504 e. The topological polar surface area (TPSA) is 117 Å². The van der Waals surface area contributed by atoms with Gasteiger partial charge in [0.05, 0.1) is 5.39 Å². The van der Waals surface area contributed by atoms with Gasteiger partial charge in [-0.2, -0.15) is 0 Å². The first-order chi connectivity index (χ1) is 12.0. The van der Waals surface area contributed by atoms with Crippen molar-refractivity contribution < 1.29 is 29.3 Å². The predicted octanol–water partition coefficient (Wildman–Crippen LogP) is 2.53. The molecule has 0 unspecified atom stereocenters. The molecule has 25 heavy (non-hydrogen) atoms. The Labute approximate surface area is 140 Å². The molecule has 0 aliphatic carbocycles. The molecule has 0 radical (unpaired) electrons. The fourth-order valence-electron chi connectivity index (χ4n) is 2.15. The van der Waals surface area contributed by atoms with E-state index in [1.54, 1.807) is 12.1 Å². The fourth-order valence-corrected chi connectivity index (χ4v) is 2.15. The summed E-state index contributed by atoms with van der Waals surface area (Å²) >= 11 is 0. The van der Waals surface area contributed by atoms with Crippen LogP contribution >= 0.6 is 0 Å². The van der Waals surface area contributed by atoms with Crippen LogP contribution in [0.1, 0.15) is 5.56 Å². The molecule has 126 valence electrons. The molecule has 3 rings (SSSR count). The van der Waals surface area contributed by atoms with Crippen molar-refractivity contribution in [3.8, 4) is 23.0 Å². The summed E-state index contributed by atoms with van der Waals surface area (Å²) in [5, 5.41) is 29.0. The average molecular weight is 340 g/mol. The van der Waals surface area contributed by atoms with E-state index in [1.165, 1.54) is 36.4 Å². The number of phenols is 2. The highest BCUT2D eigenvalue weighted by Gasteiger charge is 2.17. The maximum Gasteiger partial charge on any atom is 0.383 e. The summed E-state index contributed by atoms with van der Waals surface area (Å²) in [7, 11) is 0. The van der Waals surface area contributed by atoms with Crippen LogP contribution in [0, 0.1) is 0 Å². The largest absolute Gasteiger partial charge is 0.504 e. The van der Waals surface area contributed by atoms with Crippen molar-refractivity contribution in [3.05, 3.63) is 64.5 Å². The van der Waals surface area contributed by atoms with Gasteiger partial charge in [0, 0.05) is 6.08 Å². The van der Waals surface area contributed by atoms with Crippen molar-refractivity contribution >= 4 is 23.0 Å². The van der Waals surface area contributed by atoms with Crippen LogP contribution in [0.5, 0.6) is 23.0 Å². The van der Waals surface area contributed by atoms with Crippen LogP contribution in [-0.4, -0.2) is 21.3 Å². The molecule has 1 aromatic heterocycles. The molecule has 3 N–H and O–H groups in total. The zero-order valence-electron chi connectivity index (χ0n) is 12.7. The third kappa shape index (κ3) is 3.30. The number of carbonyl (C=O) groups excluding carboxylic acids is 1. The number of aromatic hydroxyl groups is 3. The van der Waals surface area contributed by atoms with E-state index >= 15 is 0 Å². The van der Waals surface area contributed by atoms with Crippen LogP contribution in [-0.2, 0) is 4.79 Å². The number of carbonyl (C=O) groups is 1. The van der Waals surface area contributed by atoms with Gasteiger partial charge in [-0.05, 0) is 35.9 Å². The number of hydrogen-bond acceptors (Lipinski definition) is 7. The van der Waals surface area contributed by atoms with Gasteiger partial charge in [-0.3, -0.25) is 0 Å². The van der Waals surface area contributed by atoms with Crippen LogP contribution in [0.15, 0.2) is 57.8 Å². The molecule has 0 spiro atoms. The third-order valence-electron chi connectivity index (χ3n) is 3.36. The molecule has 0 atom stereocenters. The van der Waals surface area contributed by atoms with Gasteiger partial charge < -0.3 is 24.5 Å². The lowest BCUT2D eigenvalue weighted by Gasteiger charge is -2.05. The lowest BCUT2D eigenvalue weighted by atomic mass is 10.2. The van der Waals surface area contributed by atoms with Crippen molar-refractivity contribution in [2.24, 2.45) is 0 Å². The minimum atomic E-state index is -0.986. The Hall–Kier alpha value is -3.74. The van der Waals surface area contributed by atoms with Gasteiger partial charge in [0.15, 0.2) is 17.2 Å². The number of benzene rings is 2. The Kier molecular flexibility index (Phi) is 4.13. The summed E-state index contributed by atoms with van der Waals surface area (Å²) in [6.45, 7) is 0. The average Bonchev–Trinajstić information content (AvgIpc) is 2.59. The number of rotatable bonds is 3. The van der Waals surface area contributed by atoms with Crippen molar-refractivity contribution in [1.29, 1.82) is 0 Å². The Bertz CT molecular complexity index is 1050. The van der Waals surface area contributed by atoms with Crippen LogP contribution in [0.4, 0.5) is 0 Å². The number of fused-ring (bicyclic) bond motifs is 1. The van der Waals surface area contributed by atoms with E-state index in [9.17, 15) is 24.9 Å². The maximum atomic E-state index is 11.9. The Morgan fingerprint density at radius 1 is 1.04 bits per heavy atom. The van der Waals surface area contributed by atoms with Gasteiger partial charge in [-0.15, -0.1) is 0 Å². The van der Waals surface area contributed by atoms with E-state index in [-0.39, 0.29) is 22.5 Å². The quantitative estimate of drug-likeness (QED) is 0.290. The molecule has 7 nitrogen and oxygen atoms in total. The van der Waals surface area contributed by atoms with Crippen molar-refractivity contribution in [1.82, 2.24) is 0 Å². The Morgan fingerprint density at radius 2 is 1.80 bits per heavy atom. The molecule has 0 saturated heterocycles. The number of esters is 1. The van der Waals surface area contributed by atoms with Crippen molar-refractivity contribution in [3.63, 3.8) is 0 Å². The Balaban J connectivity index is 1.85. The summed E-state index contributed by atoms with van der Waals surface area (Å²) in [5.41, 5.74) is -0.401. The zero-order valence-corrected chi connectivity index (χ0v) is 12.7. The highest BCUT2D eigenvalue weighted by Crippen LogP contribution is 2.31.